The van der Waals surface area contributed by atoms with Crippen LogP contribution >= 0.6 is 11.6 Å². The quantitative estimate of drug-likeness (QED) is 0.790. The lowest BCUT2D eigenvalue weighted by atomic mass is 10.2. The molecule has 2 heterocycles. The first-order chi connectivity index (χ1) is 8.16. The third-order valence-corrected chi connectivity index (χ3v) is 2.58. The highest BCUT2D eigenvalue weighted by molar-refractivity contribution is 6.29. The van der Waals surface area contributed by atoms with Crippen molar-refractivity contribution < 1.29 is 14.6 Å². The second kappa shape index (κ2) is 5.31. The second-order valence-corrected chi connectivity index (χ2v) is 3.93. The van der Waals surface area contributed by atoms with E-state index in [1.165, 1.54) is 12.1 Å². The van der Waals surface area contributed by atoms with E-state index in [1.807, 2.05) is 5.01 Å². The van der Waals surface area contributed by atoms with Gasteiger partial charge >= 0.3 is 5.97 Å². The van der Waals surface area contributed by atoms with Gasteiger partial charge in [0.1, 0.15) is 10.7 Å². The van der Waals surface area contributed by atoms with Gasteiger partial charge in [-0.15, -0.1) is 0 Å². The molecule has 0 atom stereocenters. The van der Waals surface area contributed by atoms with E-state index in [-0.39, 0.29) is 16.5 Å². The van der Waals surface area contributed by atoms with Gasteiger partial charge in [0, 0.05) is 13.1 Å². The van der Waals surface area contributed by atoms with Gasteiger partial charge in [-0.25, -0.2) is 14.8 Å². The Hall–Kier alpha value is -1.37. The maximum Gasteiger partial charge on any atom is 0.339 e. The molecule has 2 N–H and O–H groups in total. The van der Waals surface area contributed by atoms with E-state index < -0.39 is 5.97 Å². The van der Waals surface area contributed by atoms with E-state index in [2.05, 4.69) is 10.4 Å². The standard InChI is InChI=1S/C10H12ClN3O3/c11-8-2-1-7(10(15)16)9(12-8)13-14-3-5-17-6-4-14/h1-2H,3-6H2,(H,12,13)(H,15,16). The summed E-state index contributed by atoms with van der Waals surface area (Å²) in [5, 5.41) is 11.1. The van der Waals surface area contributed by atoms with Gasteiger partial charge in [0.15, 0.2) is 5.82 Å². The van der Waals surface area contributed by atoms with Crippen LogP contribution in [0.4, 0.5) is 5.82 Å². The third kappa shape index (κ3) is 3.06. The van der Waals surface area contributed by atoms with E-state index in [9.17, 15) is 4.79 Å². The van der Waals surface area contributed by atoms with Crippen LogP contribution in [-0.2, 0) is 4.74 Å². The SMILES string of the molecule is O=C(O)c1ccc(Cl)nc1NN1CCOCC1. The molecule has 1 aliphatic rings. The van der Waals surface area contributed by atoms with Crippen LogP contribution in [0.1, 0.15) is 10.4 Å². The van der Waals surface area contributed by atoms with Crippen molar-refractivity contribution in [3.63, 3.8) is 0 Å². The molecule has 0 spiro atoms. The van der Waals surface area contributed by atoms with Crippen molar-refractivity contribution in [1.82, 2.24) is 9.99 Å². The molecule has 0 amide bonds. The highest BCUT2D eigenvalue weighted by Crippen LogP contribution is 2.17. The first-order valence-electron chi connectivity index (χ1n) is 5.16. The molecular formula is C10H12ClN3O3. The van der Waals surface area contributed by atoms with Gasteiger partial charge in [0.05, 0.1) is 13.2 Å². The van der Waals surface area contributed by atoms with Gasteiger partial charge in [0.25, 0.3) is 0 Å². The van der Waals surface area contributed by atoms with E-state index in [0.717, 1.165) is 0 Å². The average molecular weight is 258 g/mol. The lowest BCUT2D eigenvalue weighted by Gasteiger charge is -2.27. The van der Waals surface area contributed by atoms with Crippen LogP contribution < -0.4 is 5.43 Å². The predicted molar refractivity (Wildman–Crippen MR) is 62.2 cm³/mol. The summed E-state index contributed by atoms with van der Waals surface area (Å²) in [5.74, 6) is -0.781. The van der Waals surface area contributed by atoms with E-state index in [0.29, 0.717) is 26.3 Å². The minimum atomic E-state index is -1.04. The Morgan fingerprint density at radius 2 is 2.18 bits per heavy atom. The number of anilines is 1. The number of nitrogens with zero attached hydrogens (tertiary/aromatic N) is 2. The van der Waals surface area contributed by atoms with Crippen molar-refractivity contribution in [3.8, 4) is 0 Å². The van der Waals surface area contributed by atoms with Gasteiger partial charge in [-0.3, -0.25) is 0 Å². The fraction of sp³-hybridized carbons (Fsp3) is 0.400. The molecule has 17 heavy (non-hydrogen) atoms. The summed E-state index contributed by atoms with van der Waals surface area (Å²) in [5.41, 5.74) is 3.05. The number of aromatic nitrogens is 1. The van der Waals surface area contributed by atoms with Gasteiger partial charge < -0.3 is 15.3 Å². The molecule has 2 rings (SSSR count). The second-order valence-electron chi connectivity index (χ2n) is 3.55. The van der Waals surface area contributed by atoms with Crippen LogP contribution in [0.3, 0.4) is 0 Å². The molecule has 6 nitrogen and oxygen atoms in total. The summed E-state index contributed by atoms with van der Waals surface area (Å²) in [6.45, 7) is 2.56. The number of carbonyl (C=O) groups is 1. The molecule has 0 unspecified atom stereocenters. The number of hydrazine groups is 1. The molecule has 0 aliphatic carbocycles. The molecule has 1 aromatic rings. The Balaban J connectivity index is 2.17. The van der Waals surface area contributed by atoms with Crippen molar-refractivity contribution in [3.05, 3.63) is 22.8 Å². The molecule has 1 saturated heterocycles. The number of hydrogen-bond donors (Lipinski definition) is 2. The summed E-state index contributed by atoms with van der Waals surface area (Å²) in [6.07, 6.45) is 0. The number of hydrogen-bond acceptors (Lipinski definition) is 5. The first-order valence-corrected chi connectivity index (χ1v) is 5.54. The van der Waals surface area contributed by atoms with E-state index >= 15 is 0 Å². The maximum absolute atomic E-state index is 11.0. The Labute approximate surface area is 103 Å². The molecule has 1 aliphatic heterocycles. The number of carboxylic acids is 1. The number of nitrogens with one attached hydrogen (secondary N) is 1. The minimum absolute atomic E-state index is 0.0980. The number of aromatic carboxylic acids is 1. The number of halogens is 1. The van der Waals surface area contributed by atoms with E-state index in [4.69, 9.17) is 21.4 Å². The van der Waals surface area contributed by atoms with Crippen LogP contribution in [-0.4, -0.2) is 47.4 Å². The zero-order valence-corrected chi connectivity index (χ0v) is 9.78. The molecule has 0 aromatic carbocycles. The monoisotopic (exact) mass is 257 g/mol. The summed E-state index contributed by atoms with van der Waals surface area (Å²) in [6, 6.07) is 2.88. The van der Waals surface area contributed by atoms with Crippen molar-refractivity contribution in [2.24, 2.45) is 0 Å². The van der Waals surface area contributed by atoms with Crippen molar-refractivity contribution >= 4 is 23.4 Å². The van der Waals surface area contributed by atoms with Gasteiger partial charge in [-0.1, -0.05) is 11.6 Å². The summed E-state index contributed by atoms with van der Waals surface area (Å²) in [4.78, 5) is 15.0. The smallest absolute Gasteiger partial charge is 0.339 e. The first kappa shape index (κ1) is 12.1. The van der Waals surface area contributed by atoms with Crippen LogP contribution in [0.15, 0.2) is 12.1 Å². The van der Waals surface area contributed by atoms with E-state index in [1.54, 1.807) is 0 Å². The molecular weight excluding hydrogens is 246 g/mol. The lowest BCUT2D eigenvalue weighted by molar-refractivity contribution is 0.0493. The van der Waals surface area contributed by atoms with Gasteiger partial charge in [-0.2, -0.15) is 0 Å². The minimum Gasteiger partial charge on any atom is -0.478 e. The molecule has 92 valence electrons. The number of ether oxygens (including phenoxy) is 1. The Kier molecular flexibility index (Phi) is 3.78. The van der Waals surface area contributed by atoms with Crippen molar-refractivity contribution in [1.29, 1.82) is 0 Å². The fourth-order valence-corrected chi connectivity index (χ4v) is 1.67. The molecule has 0 saturated carbocycles. The molecule has 1 fully saturated rings. The number of rotatable bonds is 3. The van der Waals surface area contributed by atoms with Crippen LogP contribution in [0, 0.1) is 0 Å². The number of morpholine rings is 1. The number of carboxylic acid groups (broad SMARTS) is 1. The van der Waals surface area contributed by atoms with Crippen molar-refractivity contribution in [2.75, 3.05) is 31.7 Å². The maximum atomic E-state index is 11.0. The third-order valence-electron chi connectivity index (χ3n) is 2.37. The zero-order valence-electron chi connectivity index (χ0n) is 9.02. The Bertz CT molecular complexity index is 421. The van der Waals surface area contributed by atoms with Crippen LogP contribution in [0.25, 0.3) is 0 Å². The highest BCUT2D eigenvalue weighted by Gasteiger charge is 2.16. The molecule has 0 bridgehead atoms. The lowest BCUT2D eigenvalue weighted by Crippen LogP contribution is -2.40. The van der Waals surface area contributed by atoms with Gasteiger partial charge in [-0.05, 0) is 12.1 Å². The normalized spacial score (nSPS) is 16.8. The topological polar surface area (TPSA) is 74.7 Å². The van der Waals surface area contributed by atoms with Crippen LogP contribution in [0.5, 0.6) is 0 Å². The van der Waals surface area contributed by atoms with Crippen molar-refractivity contribution in [2.45, 2.75) is 0 Å². The predicted octanol–water partition coefficient (Wildman–Crippen LogP) is 1.09. The number of pyridine rings is 1. The largest absolute Gasteiger partial charge is 0.478 e. The Morgan fingerprint density at radius 1 is 1.47 bits per heavy atom. The zero-order chi connectivity index (χ0) is 12.3. The molecule has 1 aromatic heterocycles. The van der Waals surface area contributed by atoms with Crippen LogP contribution in [0.2, 0.25) is 5.15 Å². The highest BCUT2D eigenvalue weighted by atomic mass is 35.5. The summed E-state index contributed by atoms with van der Waals surface area (Å²) < 4.78 is 5.19. The Morgan fingerprint density at radius 3 is 2.82 bits per heavy atom. The average Bonchev–Trinajstić information content (AvgIpc) is 2.30. The molecule has 7 heteroatoms. The fourth-order valence-electron chi connectivity index (χ4n) is 1.52. The summed E-state index contributed by atoms with van der Waals surface area (Å²) >= 11 is 5.75. The molecule has 0 radical (unpaired) electrons. The summed E-state index contributed by atoms with van der Waals surface area (Å²) in [7, 11) is 0. The van der Waals surface area contributed by atoms with Gasteiger partial charge in [0.2, 0.25) is 0 Å².